The van der Waals surface area contributed by atoms with Gasteiger partial charge in [0.25, 0.3) is 5.91 Å². The summed E-state index contributed by atoms with van der Waals surface area (Å²) in [6.07, 6.45) is 3.18. The first-order chi connectivity index (χ1) is 11.2. The molecule has 2 aliphatic heterocycles. The predicted molar refractivity (Wildman–Crippen MR) is 80.4 cm³/mol. The Kier molecular flexibility index (Phi) is 3.25. The highest BCUT2D eigenvalue weighted by molar-refractivity contribution is 5.95. The van der Waals surface area contributed by atoms with Crippen LogP contribution >= 0.6 is 0 Å². The van der Waals surface area contributed by atoms with Crippen molar-refractivity contribution in [2.24, 2.45) is 0 Å². The number of benzene rings is 1. The molecule has 7 heteroatoms. The van der Waals surface area contributed by atoms with E-state index in [0.717, 1.165) is 18.5 Å². The molecule has 1 N–H and O–H groups in total. The van der Waals surface area contributed by atoms with E-state index in [9.17, 15) is 9.59 Å². The van der Waals surface area contributed by atoms with Crippen LogP contribution in [0.4, 0.5) is 0 Å². The largest absolute Gasteiger partial charge is 0.454 e. The van der Waals surface area contributed by atoms with E-state index in [0.29, 0.717) is 23.6 Å². The van der Waals surface area contributed by atoms with Gasteiger partial charge in [-0.2, -0.15) is 0 Å². The number of carbonyl (C=O) groups is 1. The molecule has 1 aromatic heterocycles. The number of nitrogens with one attached hydrogen (secondary N) is 1. The van der Waals surface area contributed by atoms with Gasteiger partial charge in [-0.15, -0.1) is 0 Å². The third-order valence-corrected chi connectivity index (χ3v) is 4.19. The molecule has 4 rings (SSSR count). The Bertz CT molecular complexity index is 817. The normalized spacial score (nSPS) is 19.1. The maximum absolute atomic E-state index is 12.8. The van der Waals surface area contributed by atoms with Crippen molar-refractivity contribution in [3.63, 3.8) is 0 Å². The van der Waals surface area contributed by atoms with Crippen LogP contribution in [0.15, 0.2) is 35.3 Å². The molecule has 2 aliphatic rings. The zero-order valence-corrected chi connectivity index (χ0v) is 12.3. The Balaban J connectivity index is 1.63. The third kappa shape index (κ3) is 2.44. The molecule has 1 atom stereocenters. The Hall–Kier alpha value is -2.83. The minimum Gasteiger partial charge on any atom is -0.454 e. The lowest BCUT2D eigenvalue weighted by molar-refractivity contribution is 0.0732. The molecule has 0 saturated carbocycles. The standard InChI is InChI=1S/C16H15N3O4/c20-15(10-3-4-13-14(8-10)23-9-22-13)19-7-1-2-12(19)11-5-6-17-16(21)18-11/h3-6,8,12H,1-2,7,9H2,(H,17,18,21)/t12-/m1/s1. The van der Waals surface area contributed by atoms with Crippen LogP contribution in [0.5, 0.6) is 11.5 Å². The molecule has 1 saturated heterocycles. The van der Waals surface area contributed by atoms with Crippen molar-refractivity contribution in [3.8, 4) is 11.5 Å². The zero-order valence-electron chi connectivity index (χ0n) is 12.3. The third-order valence-electron chi connectivity index (χ3n) is 4.19. The summed E-state index contributed by atoms with van der Waals surface area (Å²) in [7, 11) is 0. The second kappa shape index (κ2) is 5.42. The smallest absolute Gasteiger partial charge is 0.345 e. The van der Waals surface area contributed by atoms with E-state index in [1.807, 2.05) is 0 Å². The van der Waals surface area contributed by atoms with Crippen molar-refractivity contribution in [1.29, 1.82) is 0 Å². The minimum atomic E-state index is -0.398. The quantitative estimate of drug-likeness (QED) is 0.907. The fourth-order valence-corrected chi connectivity index (χ4v) is 3.11. The van der Waals surface area contributed by atoms with Crippen LogP contribution in [-0.2, 0) is 0 Å². The molecule has 0 aliphatic carbocycles. The highest BCUT2D eigenvalue weighted by Gasteiger charge is 2.32. The molecule has 1 fully saturated rings. The highest BCUT2D eigenvalue weighted by atomic mass is 16.7. The van der Waals surface area contributed by atoms with Crippen LogP contribution in [0.2, 0.25) is 0 Å². The highest BCUT2D eigenvalue weighted by Crippen LogP contribution is 2.35. The van der Waals surface area contributed by atoms with Gasteiger partial charge >= 0.3 is 5.69 Å². The summed E-state index contributed by atoms with van der Waals surface area (Å²) in [5.74, 6) is 1.16. The van der Waals surface area contributed by atoms with Crippen LogP contribution in [0.25, 0.3) is 0 Å². The van der Waals surface area contributed by atoms with E-state index < -0.39 is 5.69 Å². The summed E-state index contributed by atoms with van der Waals surface area (Å²) in [5.41, 5.74) is 0.874. The van der Waals surface area contributed by atoms with Gasteiger partial charge in [0.2, 0.25) is 6.79 Å². The molecule has 0 unspecified atom stereocenters. The maximum Gasteiger partial charge on any atom is 0.345 e. The van der Waals surface area contributed by atoms with Gasteiger partial charge < -0.3 is 19.4 Å². The Morgan fingerprint density at radius 2 is 2.13 bits per heavy atom. The summed E-state index contributed by atoms with van der Waals surface area (Å²) in [4.78, 5) is 32.4. The molecule has 2 aromatic rings. The van der Waals surface area contributed by atoms with Crippen LogP contribution in [0.3, 0.4) is 0 Å². The number of carbonyl (C=O) groups excluding carboxylic acids is 1. The van der Waals surface area contributed by atoms with E-state index in [1.54, 1.807) is 29.2 Å². The van der Waals surface area contributed by atoms with Gasteiger partial charge in [0.05, 0.1) is 6.04 Å². The average molecular weight is 313 g/mol. The Morgan fingerprint density at radius 3 is 3.00 bits per heavy atom. The van der Waals surface area contributed by atoms with Crippen LogP contribution in [0, 0.1) is 0 Å². The Labute approximate surface area is 131 Å². The molecule has 1 aromatic carbocycles. The first-order valence-electron chi connectivity index (χ1n) is 7.48. The molecular weight excluding hydrogens is 298 g/mol. The predicted octanol–water partition coefficient (Wildman–Crippen LogP) is 1.48. The molecule has 0 bridgehead atoms. The number of rotatable bonds is 2. The summed E-state index contributed by atoms with van der Waals surface area (Å²) >= 11 is 0. The fraction of sp³-hybridized carbons (Fsp3) is 0.312. The molecule has 118 valence electrons. The second-order valence-electron chi connectivity index (χ2n) is 5.55. The van der Waals surface area contributed by atoms with Gasteiger partial charge in [-0.05, 0) is 37.1 Å². The van der Waals surface area contributed by atoms with Gasteiger partial charge in [0.1, 0.15) is 0 Å². The molecule has 0 spiro atoms. The van der Waals surface area contributed by atoms with Crippen molar-refractivity contribution >= 4 is 5.91 Å². The Morgan fingerprint density at radius 1 is 1.26 bits per heavy atom. The fourth-order valence-electron chi connectivity index (χ4n) is 3.11. The van der Waals surface area contributed by atoms with Crippen LogP contribution in [-0.4, -0.2) is 34.1 Å². The minimum absolute atomic E-state index is 0.0801. The van der Waals surface area contributed by atoms with Gasteiger partial charge in [0, 0.05) is 24.0 Å². The number of fused-ring (bicyclic) bond motifs is 1. The van der Waals surface area contributed by atoms with Crippen molar-refractivity contribution in [2.75, 3.05) is 13.3 Å². The number of nitrogens with zero attached hydrogens (tertiary/aromatic N) is 2. The monoisotopic (exact) mass is 313 g/mol. The number of amides is 1. The number of aromatic nitrogens is 2. The number of aromatic amines is 1. The summed E-state index contributed by atoms with van der Waals surface area (Å²) in [5, 5.41) is 0. The molecule has 1 amide bonds. The first-order valence-corrected chi connectivity index (χ1v) is 7.48. The summed E-state index contributed by atoms with van der Waals surface area (Å²) in [6, 6.07) is 6.80. The van der Waals surface area contributed by atoms with Crippen molar-refractivity contribution in [3.05, 3.63) is 52.2 Å². The number of H-pyrrole nitrogens is 1. The lowest BCUT2D eigenvalue weighted by atomic mass is 10.1. The first kappa shape index (κ1) is 13.8. The van der Waals surface area contributed by atoms with E-state index in [1.165, 1.54) is 6.20 Å². The van der Waals surface area contributed by atoms with E-state index in [2.05, 4.69) is 9.97 Å². The lowest BCUT2D eigenvalue weighted by Gasteiger charge is -2.24. The summed E-state index contributed by atoms with van der Waals surface area (Å²) in [6.45, 7) is 0.833. The number of ether oxygens (including phenoxy) is 2. The van der Waals surface area contributed by atoms with E-state index in [-0.39, 0.29) is 18.7 Å². The number of hydrogen-bond acceptors (Lipinski definition) is 5. The van der Waals surface area contributed by atoms with Crippen LogP contribution < -0.4 is 15.2 Å². The summed E-state index contributed by atoms with van der Waals surface area (Å²) < 4.78 is 10.6. The van der Waals surface area contributed by atoms with Crippen LogP contribution in [0.1, 0.15) is 34.9 Å². The average Bonchev–Trinajstić information content (AvgIpc) is 3.22. The van der Waals surface area contributed by atoms with Gasteiger partial charge in [-0.1, -0.05) is 0 Å². The zero-order chi connectivity index (χ0) is 15.8. The maximum atomic E-state index is 12.8. The topological polar surface area (TPSA) is 84.5 Å². The molecular formula is C16H15N3O4. The van der Waals surface area contributed by atoms with Crippen molar-refractivity contribution < 1.29 is 14.3 Å². The van der Waals surface area contributed by atoms with Gasteiger partial charge in [-0.3, -0.25) is 4.79 Å². The van der Waals surface area contributed by atoms with Crippen molar-refractivity contribution in [2.45, 2.75) is 18.9 Å². The van der Waals surface area contributed by atoms with E-state index in [4.69, 9.17) is 9.47 Å². The SMILES string of the molecule is O=C(c1ccc2c(c1)OCO2)N1CCC[C@@H]1c1ccnc(=O)[nH]1. The lowest BCUT2D eigenvalue weighted by Crippen LogP contribution is -2.31. The number of hydrogen-bond donors (Lipinski definition) is 1. The second-order valence-corrected chi connectivity index (χ2v) is 5.55. The van der Waals surface area contributed by atoms with Gasteiger partial charge in [0.15, 0.2) is 11.5 Å². The molecule has 0 radical (unpaired) electrons. The number of likely N-dealkylation sites (tertiary alicyclic amines) is 1. The van der Waals surface area contributed by atoms with Crippen molar-refractivity contribution in [1.82, 2.24) is 14.9 Å². The molecule has 23 heavy (non-hydrogen) atoms. The van der Waals surface area contributed by atoms with Gasteiger partial charge in [-0.25, -0.2) is 9.78 Å². The molecule has 3 heterocycles. The van der Waals surface area contributed by atoms with E-state index >= 15 is 0 Å². The molecule has 7 nitrogen and oxygen atoms in total.